The predicted molar refractivity (Wildman–Crippen MR) is 83.5 cm³/mol. The summed E-state index contributed by atoms with van der Waals surface area (Å²) in [5.74, 6) is 0.805. The summed E-state index contributed by atoms with van der Waals surface area (Å²) in [6.45, 7) is 4.83. The lowest BCUT2D eigenvalue weighted by Crippen LogP contribution is -2.32. The van der Waals surface area contributed by atoms with Crippen LogP contribution in [0.2, 0.25) is 0 Å². The van der Waals surface area contributed by atoms with Gasteiger partial charge in [0.05, 0.1) is 6.42 Å². The number of nitrogens with zero attached hydrogens (tertiary/aromatic N) is 1. The smallest absolute Gasteiger partial charge is 0.231 e. The lowest BCUT2D eigenvalue weighted by molar-refractivity contribution is -0.117. The van der Waals surface area contributed by atoms with E-state index < -0.39 is 0 Å². The number of ether oxygens (including phenoxy) is 1. The van der Waals surface area contributed by atoms with Gasteiger partial charge in [-0.3, -0.25) is 4.79 Å². The molecule has 2 aliphatic heterocycles. The molecule has 1 amide bonds. The highest BCUT2D eigenvalue weighted by molar-refractivity contribution is 6.00. The second kappa shape index (κ2) is 6.16. The summed E-state index contributed by atoms with van der Waals surface area (Å²) in [6.07, 6.45) is 2.74. The largest absolute Gasteiger partial charge is 0.381 e. The van der Waals surface area contributed by atoms with E-state index in [9.17, 15) is 4.79 Å². The summed E-state index contributed by atoms with van der Waals surface area (Å²) in [4.78, 5) is 13.6. The van der Waals surface area contributed by atoms with Gasteiger partial charge in [-0.05, 0) is 42.5 Å². The Kier molecular flexibility index (Phi) is 4.27. The van der Waals surface area contributed by atoms with Crippen LogP contribution in [-0.2, 0) is 16.0 Å². The molecule has 1 aromatic carbocycles. The molecular formula is C17H24N2O2. The van der Waals surface area contributed by atoms with E-state index in [1.807, 2.05) is 7.05 Å². The second-order valence-corrected chi connectivity index (χ2v) is 6.00. The van der Waals surface area contributed by atoms with Crippen molar-refractivity contribution < 1.29 is 9.53 Å². The van der Waals surface area contributed by atoms with Crippen molar-refractivity contribution >= 4 is 11.6 Å². The number of rotatable bonds is 4. The number of benzene rings is 1. The number of nitrogens with one attached hydrogen (secondary N) is 1. The Morgan fingerprint density at radius 2 is 2.14 bits per heavy atom. The van der Waals surface area contributed by atoms with Crippen LogP contribution in [0.5, 0.6) is 0 Å². The lowest BCUT2D eigenvalue weighted by atomic mass is 9.86. The normalized spacial score (nSPS) is 20.7. The molecule has 1 unspecified atom stereocenters. The van der Waals surface area contributed by atoms with Gasteiger partial charge >= 0.3 is 0 Å². The Labute approximate surface area is 126 Å². The van der Waals surface area contributed by atoms with Crippen molar-refractivity contribution in [1.29, 1.82) is 0 Å². The van der Waals surface area contributed by atoms with Crippen LogP contribution < -0.4 is 10.2 Å². The zero-order chi connectivity index (χ0) is 14.8. The van der Waals surface area contributed by atoms with Crippen molar-refractivity contribution in [3.63, 3.8) is 0 Å². The topological polar surface area (TPSA) is 41.6 Å². The van der Waals surface area contributed by atoms with Gasteiger partial charge in [0.1, 0.15) is 0 Å². The van der Waals surface area contributed by atoms with Gasteiger partial charge in [0, 0.05) is 32.0 Å². The first-order valence-electron chi connectivity index (χ1n) is 7.91. The van der Waals surface area contributed by atoms with Gasteiger partial charge in [0.15, 0.2) is 0 Å². The second-order valence-electron chi connectivity index (χ2n) is 6.00. The third kappa shape index (κ3) is 2.83. The van der Waals surface area contributed by atoms with E-state index in [1.54, 1.807) is 4.90 Å². The average Bonchev–Trinajstić information content (AvgIpc) is 2.80. The minimum Gasteiger partial charge on any atom is -0.381 e. The number of hydrogen-bond donors (Lipinski definition) is 1. The summed E-state index contributed by atoms with van der Waals surface area (Å²) in [5, 5.41) is 3.63. The number of carbonyl (C=O) groups is 1. The summed E-state index contributed by atoms with van der Waals surface area (Å²) in [6, 6.07) is 6.86. The van der Waals surface area contributed by atoms with Gasteiger partial charge in [-0.2, -0.15) is 0 Å². The summed E-state index contributed by atoms with van der Waals surface area (Å²) < 4.78 is 5.49. The van der Waals surface area contributed by atoms with Crippen LogP contribution >= 0.6 is 0 Å². The molecule has 0 radical (unpaired) electrons. The van der Waals surface area contributed by atoms with Gasteiger partial charge in [-0.25, -0.2) is 0 Å². The van der Waals surface area contributed by atoms with E-state index in [-0.39, 0.29) is 5.91 Å². The summed E-state index contributed by atoms with van der Waals surface area (Å²) >= 11 is 0. The molecule has 1 N–H and O–H groups in total. The number of amides is 1. The van der Waals surface area contributed by atoms with Crippen LogP contribution in [0, 0.1) is 5.92 Å². The fourth-order valence-electron chi connectivity index (χ4n) is 3.51. The Morgan fingerprint density at radius 3 is 2.86 bits per heavy atom. The molecule has 114 valence electrons. The van der Waals surface area contributed by atoms with E-state index in [2.05, 4.69) is 30.4 Å². The molecule has 0 saturated carbocycles. The average molecular weight is 288 g/mol. The molecular weight excluding hydrogens is 264 g/mol. The first-order chi connectivity index (χ1) is 10.2. The minimum atomic E-state index is 0.188. The Balaban J connectivity index is 1.86. The van der Waals surface area contributed by atoms with Crippen molar-refractivity contribution in [2.24, 2.45) is 5.92 Å². The van der Waals surface area contributed by atoms with Crippen LogP contribution in [0.3, 0.4) is 0 Å². The summed E-state index contributed by atoms with van der Waals surface area (Å²) in [7, 11) is 1.86. The monoisotopic (exact) mass is 288 g/mol. The molecule has 1 fully saturated rings. The first-order valence-corrected chi connectivity index (χ1v) is 7.91. The zero-order valence-electron chi connectivity index (χ0n) is 12.9. The minimum absolute atomic E-state index is 0.188. The van der Waals surface area contributed by atoms with Crippen molar-refractivity contribution in [1.82, 2.24) is 5.32 Å². The Morgan fingerprint density at radius 1 is 1.38 bits per heavy atom. The van der Waals surface area contributed by atoms with Crippen molar-refractivity contribution in [2.75, 3.05) is 31.7 Å². The highest BCUT2D eigenvalue weighted by Crippen LogP contribution is 2.34. The predicted octanol–water partition coefficient (Wildman–Crippen LogP) is 2.28. The van der Waals surface area contributed by atoms with Crippen LogP contribution in [0.1, 0.15) is 36.9 Å². The molecule has 0 spiro atoms. The number of hydrogen-bond acceptors (Lipinski definition) is 3. The molecule has 3 rings (SSSR count). The highest BCUT2D eigenvalue weighted by atomic mass is 16.5. The van der Waals surface area contributed by atoms with Crippen LogP contribution in [-0.4, -0.2) is 32.7 Å². The molecule has 1 saturated heterocycles. The van der Waals surface area contributed by atoms with E-state index in [1.165, 1.54) is 5.56 Å². The third-order valence-corrected chi connectivity index (χ3v) is 4.70. The van der Waals surface area contributed by atoms with E-state index in [4.69, 9.17) is 4.74 Å². The fraction of sp³-hybridized carbons (Fsp3) is 0.588. The standard InChI is InChI=1S/C17H24N2O2/c1-3-18-17(12-6-8-21-9-7-12)13-4-5-15-14(10-13)11-16(20)19(15)2/h4-5,10,12,17-18H,3,6-9,11H2,1-2H3. The van der Waals surface area contributed by atoms with E-state index >= 15 is 0 Å². The van der Waals surface area contributed by atoms with E-state index in [0.717, 1.165) is 43.9 Å². The van der Waals surface area contributed by atoms with Gasteiger partial charge in [-0.15, -0.1) is 0 Å². The Hall–Kier alpha value is -1.39. The molecule has 0 aromatic heterocycles. The zero-order valence-corrected chi connectivity index (χ0v) is 12.9. The van der Waals surface area contributed by atoms with Crippen LogP contribution in [0.4, 0.5) is 5.69 Å². The van der Waals surface area contributed by atoms with Crippen molar-refractivity contribution in [2.45, 2.75) is 32.2 Å². The highest BCUT2D eigenvalue weighted by Gasteiger charge is 2.28. The maximum absolute atomic E-state index is 11.8. The lowest BCUT2D eigenvalue weighted by Gasteiger charge is -2.31. The number of fused-ring (bicyclic) bond motifs is 1. The quantitative estimate of drug-likeness (QED) is 0.924. The van der Waals surface area contributed by atoms with Crippen molar-refractivity contribution in [3.8, 4) is 0 Å². The molecule has 0 aliphatic carbocycles. The first kappa shape index (κ1) is 14.5. The molecule has 0 bridgehead atoms. The molecule has 1 atom stereocenters. The number of carbonyl (C=O) groups excluding carboxylic acids is 1. The molecule has 2 heterocycles. The van der Waals surface area contributed by atoms with Crippen LogP contribution in [0.25, 0.3) is 0 Å². The maximum atomic E-state index is 11.8. The molecule has 2 aliphatic rings. The van der Waals surface area contributed by atoms with Gasteiger partial charge in [0.25, 0.3) is 0 Å². The van der Waals surface area contributed by atoms with Gasteiger partial charge in [0.2, 0.25) is 5.91 Å². The van der Waals surface area contributed by atoms with Crippen molar-refractivity contribution in [3.05, 3.63) is 29.3 Å². The molecule has 4 heteroatoms. The number of anilines is 1. The maximum Gasteiger partial charge on any atom is 0.231 e. The Bertz CT molecular complexity index is 524. The molecule has 21 heavy (non-hydrogen) atoms. The van der Waals surface area contributed by atoms with E-state index in [0.29, 0.717) is 18.4 Å². The fourth-order valence-corrected chi connectivity index (χ4v) is 3.51. The molecule has 1 aromatic rings. The summed E-state index contributed by atoms with van der Waals surface area (Å²) in [5.41, 5.74) is 3.53. The van der Waals surface area contributed by atoms with Gasteiger partial charge in [-0.1, -0.05) is 19.1 Å². The molecule has 4 nitrogen and oxygen atoms in total. The third-order valence-electron chi connectivity index (χ3n) is 4.70. The van der Waals surface area contributed by atoms with Gasteiger partial charge < -0.3 is 15.0 Å². The van der Waals surface area contributed by atoms with Crippen LogP contribution in [0.15, 0.2) is 18.2 Å². The number of likely N-dealkylation sites (N-methyl/N-ethyl adjacent to an activating group) is 1. The SMILES string of the molecule is CCNC(c1ccc2c(c1)CC(=O)N2C)C1CCOCC1.